The molecule has 4 rings (SSSR count). The topological polar surface area (TPSA) is 45.6 Å². The molecule has 3 aromatic rings. The summed E-state index contributed by atoms with van der Waals surface area (Å²) in [6.07, 6.45) is 2.08. The van der Waals surface area contributed by atoms with Gasteiger partial charge in [-0.3, -0.25) is 9.59 Å². The minimum absolute atomic E-state index is 0.0172. The molecular formula is C23H25N3O2. The lowest BCUT2D eigenvalue weighted by Gasteiger charge is -2.28. The molecule has 2 amide bonds. The molecule has 0 unspecified atom stereocenters. The normalized spacial score (nSPS) is 15.9. The molecule has 5 nitrogen and oxygen atoms in total. The zero-order valence-electron chi connectivity index (χ0n) is 16.6. The van der Waals surface area contributed by atoms with Crippen LogP contribution in [0.4, 0.5) is 0 Å². The number of benzene rings is 2. The molecule has 2 aromatic carbocycles. The van der Waals surface area contributed by atoms with E-state index >= 15 is 0 Å². The highest BCUT2D eigenvalue weighted by molar-refractivity contribution is 6.02. The minimum Gasteiger partial charge on any atom is -0.350 e. The quantitative estimate of drug-likeness (QED) is 0.684. The zero-order valence-corrected chi connectivity index (χ0v) is 16.6. The maximum absolute atomic E-state index is 13.2. The van der Waals surface area contributed by atoms with E-state index < -0.39 is 0 Å². The highest BCUT2D eigenvalue weighted by Crippen LogP contribution is 2.41. The van der Waals surface area contributed by atoms with Crippen LogP contribution in [0.2, 0.25) is 0 Å². The van der Waals surface area contributed by atoms with Gasteiger partial charge in [-0.15, -0.1) is 0 Å². The van der Waals surface area contributed by atoms with Gasteiger partial charge in [0.1, 0.15) is 6.54 Å². The van der Waals surface area contributed by atoms with Gasteiger partial charge >= 0.3 is 0 Å². The summed E-state index contributed by atoms with van der Waals surface area (Å²) in [5, 5.41) is 1.11. The summed E-state index contributed by atoms with van der Waals surface area (Å²) < 4.78 is 2.08. The number of para-hydroxylation sites is 1. The summed E-state index contributed by atoms with van der Waals surface area (Å²) in [6, 6.07) is 15.6. The predicted molar refractivity (Wildman–Crippen MR) is 110 cm³/mol. The fourth-order valence-corrected chi connectivity index (χ4v) is 4.28. The van der Waals surface area contributed by atoms with Crippen molar-refractivity contribution in [3.63, 3.8) is 0 Å². The summed E-state index contributed by atoms with van der Waals surface area (Å²) in [6.45, 7) is 5.30. The number of hydrogen-bond acceptors (Lipinski definition) is 2. The second kappa shape index (κ2) is 7.15. The van der Waals surface area contributed by atoms with Crippen molar-refractivity contribution in [3.05, 3.63) is 71.4 Å². The predicted octanol–water partition coefficient (Wildman–Crippen LogP) is 3.59. The first-order valence-corrected chi connectivity index (χ1v) is 9.78. The van der Waals surface area contributed by atoms with Gasteiger partial charge in [0.2, 0.25) is 5.91 Å². The van der Waals surface area contributed by atoms with Crippen molar-refractivity contribution >= 4 is 22.7 Å². The first-order valence-electron chi connectivity index (χ1n) is 9.78. The third kappa shape index (κ3) is 2.78. The molecule has 0 saturated carbocycles. The summed E-state index contributed by atoms with van der Waals surface area (Å²) in [5.41, 5.74) is 3.83. The molecule has 1 aromatic heterocycles. The number of aryl methyl sites for hydroxylation is 1. The van der Waals surface area contributed by atoms with E-state index in [1.165, 1.54) is 0 Å². The van der Waals surface area contributed by atoms with E-state index in [0.717, 1.165) is 22.0 Å². The molecule has 0 fully saturated rings. The lowest BCUT2D eigenvalue weighted by Crippen LogP contribution is -2.42. The molecule has 0 saturated heterocycles. The fraction of sp³-hybridized carbons (Fsp3) is 0.304. The van der Waals surface area contributed by atoms with E-state index in [2.05, 4.69) is 22.9 Å². The molecule has 28 heavy (non-hydrogen) atoms. The highest BCUT2D eigenvalue weighted by Gasteiger charge is 2.40. The Bertz CT molecular complexity index is 1050. The van der Waals surface area contributed by atoms with Crippen LogP contribution in [0.1, 0.15) is 41.4 Å². The Balaban J connectivity index is 1.83. The number of nitrogens with zero attached hydrogens (tertiary/aromatic N) is 3. The van der Waals surface area contributed by atoms with Gasteiger partial charge in [0.05, 0.1) is 6.04 Å². The molecule has 0 spiro atoms. The molecule has 0 aliphatic carbocycles. The first kappa shape index (κ1) is 18.3. The van der Waals surface area contributed by atoms with Crippen molar-refractivity contribution in [2.45, 2.75) is 19.9 Å². The molecule has 1 aliphatic heterocycles. The van der Waals surface area contributed by atoms with Crippen molar-refractivity contribution in [2.75, 3.05) is 19.6 Å². The van der Waals surface area contributed by atoms with Gasteiger partial charge in [0.25, 0.3) is 5.91 Å². The van der Waals surface area contributed by atoms with Crippen molar-refractivity contribution in [2.24, 2.45) is 7.05 Å². The monoisotopic (exact) mass is 375 g/mol. The van der Waals surface area contributed by atoms with Crippen LogP contribution < -0.4 is 0 Å². The largest absolute Gasteiger partial charge is 0.350 e. The second-order valence-corrected chi connectivity index (χ2v) is 7.20. The van der Waals surface area contributed by atoms with Crippen LogP contribution in [0.25, 0.3) is 10.9 Å². The van der Waals surface area contributed by atoms with E-state index in [1.807, 2.05) is 57.3 Å². The zero-order chi connectivity index (χ0) is 19.8. The molecule has 1 aliphatic rings. The van der Waals surface area contributed by atoms with Crippen molar-refractivity contribution < 1.29 is 9.59 Å². The van der Waals surface area contributed by atoms with E-state index in [0.29, 0.717) is 18.7 Å². The van der Waals surface area contributed by atoms with E-state index in [4.69, 9.17) is 0 Å². The highest BCUT2D eigenvalue weighted by atomic mass is 16.2. The lowest BCUT2D eigenvalue weighted by molar-refractivity contribution is -0.131. The number of rotatable bonds is 5. The number of carbonyl (C=O) groups is 2. The molecule has 0 bridgehead atoms. The summed E-state index contributed by atoms with van der Waals surface area (Å²) in [4.78, 5) is 29.5. The van der Waals surface area contributed by atoms with E-state index in [1.54, 1.807) is 9.80 Å². The molecule has 144 valence electrons. The molecule has 5 heteroatoms. The maximum atomic E-state index is 13.2. The van der Waals surface area contributed by atoms with Gasteiger partial charge in [-0.05, 0) is 31.5 Å². The SMILES string of the molecule is CCN(CC)C(=O)CN1C(=O)c2ccccc2[C@@H]1c1cn(C)c2ccccc12. The minimum atomic E-state index is -0.255. The Kier molecular flexibility index (Phi) is 4.67. The second-order valence-electron chi connectivity index (χ2n) is 7.20. The standard InChI is InChI=1S/C23H25N3O2/c1-4-25(5-2)21(27)15-26-22(17-11-6-7-12-18(17)23(26)28)19-14-24(3)20-13-9-8-10-16(19)20/h6-14,22H,4-5,15H2,1-3H3/t22-/m1/s1. The smallest absolute Gasteiger partial charge is 0.255 e. The van der Waals surface area contributed by atoms with Gasteiger partial charge in [0.15, 0.2) is 0 Å². The van der Waals surface area contributed by atoms with Crippen LogP contribution >= 0.6 is 0 Å². The summed E-state index contributed by atoms with van der Waals surface area (Å²) in [5.74, 6) is -0.0922. The van der Waals surface area contributed by atoms with Crippen molar-refractivity contribution in [1.82, 2.24) is 14.4 Å². The van der Waals surface area contributed by atoms with Gasteiger partial charge in [-0.1, -0.05) is 36.4 Å². The molecule has 0 radical (unpaired) electrons. The number of carbonyl (C=O) groups excluding carboxylic acids is 2. The maximum Gasteiger partial charge on any atom is 0.255 e. The van der Waals surface area contributed by atoms with Crippen LogP contribution in [-0.2, 0) is 11.8 Å². The number of likely N-dealkylation sites (N-methyl/N-ethyl adjacent to an activating group) is 1. The van der Waals surface area contributed by atoms with Gasteiger partial charge in [-0.25, -0.2) is 0 Å². The third-order valence-electron chi connectivity index (χ3n) is 5.70. The number of aromatic nitrogens is 1. The third-order valence-corrected chi connectivity index (χ3v) is 5.70. The Hall–Kier alpha value is -3.08. The van der Waals surface area contributed by atoms with Crippen LogP contribution in [0.15, 0.2) is 54.7 Å². The lowest BCUT2D eigenvalue weighted by atomic mass is 9.97. The van der Waals surface area contributed by atoms with E-state index in [9.17, 15) is 9.59 Å². The molecule has 1 atom stereocenters. The number of fused-ring (bicyclic) bond motifs is 2. The molecule has 0 N–H and O–H groups in total. The number of amides is 2. The van der Waals surface area contributed by atoms with Crippen LogP contribution in [0.3, 0.4) is 0 Å². The van der Waals surface area contributed by atoms with Crippen molar-refractivity contribution in [1.29, 1.82) is 0 Å². The Labute approximate surface area is 165 Å². The van der Waals surface area contributed by atoms with Crippen LogP contribution in [0, 0.1) is 0 Å². The van der Waals surface area contributed by atoms with Gasteiger partial charge in [0, 0.05) is 48.4 Å². The summed E-state index contributed by atoms with van der Waals surface area (Å²) in [7, 11) is 2.01. The van der Waals surface area contributed by atoms with E-state index in [-0.39, 0.29) is 24.4 Å². The molecule has 2 heterocycles. The van der Waals surface area contributed by atoms with Crippen LogP contribution in [-0.4, -0.2) is 45.8 Å². The Morgan fingerprint density at radius 1 is 1.00 bits per heavy atom. The fourth-order valence-electron chi connectivity index (χ4n) is 4.28. The average Bonchev–Trinajstić information content (AvgIpc) is 3.18. The summed E-state index contributed by atoms with van der Waals surface area (Å²) >= 11 is 0. The number of hydrogen-bond donors (Lipinski definition) is 0. The first-order chi connectivity index (χ1) is 13.6. The van der Waals surface area contributed by atoms with Gasteiger partial charge < -0.3 is 14.4 Å². The Morgan fingerprint density at radius 2 is 1.68 bits per heavy atom. The van der Waals surface area contributed by atoms with Gasteiger partial charge in [-0.2, -0.15) is 0 Å². The average molecular weight is 375 g/mol. The Morgan fingerprint density at radius 3 is 2.43 bits per heavy atom. The van der Waals surface area contributed by atoms with Crippen molar-refractivity contribution in [3.8, 4) is 0 Å². The molecular weight excluding hydrogens is 350 g/mol. The van der Waals surface area contributed by atoms with Crippen LogP contribution in [0.5, 0.6) is 0 Å².